The minimum absolute atomic E-state index is 0.357. The lowest BCUT2D eigenvalue weighted by molar-refractivity contribution is 0.756. The molecule has 0 amide bonds. The van der Waals surface area contributed by atoms with Crippen molar-refractivity contribution in [2.24, 2.45) is 0 Å². The van der Waals surface area contributed by atoms with Gasteiger partial charge in [0, 0.05) is 12.6 Å². The van der Waals surface area contributed by atoms with E-state index < -0.39 is 11.1 Å². The van der Waals surface area contributed by atoms with Crippen LogP contribution in [0.25, 0.3) is 0 Å². The van der Waals surface area contributed by atoms with Crippen molar-refractivity contribution in [3.05, 3.63) is 110 Å². The standard InChI is InChI=1S/C19H16N2O2/c22-18-19(23)21(14-16-9-5-2-6-10-16)12-11-17(20-18)13-15-7-3-1-4-8-15/h1-12H,13-14H2. The van der Waals surface area contributed by atoms with Gasteiger partial charge in [-0.2, -0.15) is 0 Å². The van der Waals surface area contributed by atoms with Crippen molar-refractivity contribution < 1.29 is 0 Å². The first kappa shape index (κ1) is 14.9. The van der Waals surface area contributed by atoms with Crippen LogP contribution in [0.4, 0.5) is 0 Å². The fraction of sp³-hybridized carbons (Fsp3) is 0.105. The zero-order chi connectivity index (χ0) is 16.1. The molecule has 2 aromatic carbocycles. The zero-order valence-corrected chi connectivity index (χ0v) is 12.6. The number of benzene rings is 2. The van der Waals surface area contributed by atoms with Gasteiger partial charge < -0.3 is 4.57 Å². The number of rotatable bonds is 4. The van der Waals surface area contributed by atoms with Gasteiger partial charge in [-0.15, -0.1) is 0 Å². The Morgan fingerprint density at radius 3 is 2.04 bits per heavy atom. The Morgan fingerprint density at radius 1 is 0.783 bits per heavy atom. The van der Waals surface area contributed by atoms with Crippen LogP contribution in [0, 0.1) is 0 Å². The van der Waals surface area contributed by atoms with Gasteiger partial charge >= 0.3 is 11.1 Å². The van der Waals surface area contributed by atoms with Crippen LogP contribution < -0.4 is 11.1 Å². The molecule has 4 heteroatoms. The van der Waals surface area contributed by atoms with Gasteiger partial charge in [0.15, 0.2) is 0 Å². The number of nitrogens with zero attached hydrogens (tertiary/aromatic N) is 2. The second kappa shape index (κ2) is 6.83. The molecule has 3 aromatic rings. The summed E-state index contributed by atoms with van der Waals surface area (Å²) in [5.74, 6) is 0. The number of hydrogen-bond acceptors (Lipinski definition) is 3. The fourth-order valence-electron chi connectivity index (χ4n) is 2.39. The van der Waals surface area contributed by atoms with Gasteiger partial charge in [0.05, 0.1) is 12.2 Å². The molecule has 0 saturated carbocycles. The smallest absolute Gasteiger partial charge is 0.306 e. The highest BCUT2D eigenvalue weighted by molar-refractivity contribution is 5.21. The summed E-state index contributed by atoms with van der Waals surface area (Å²) in [5.41, 5.74) is 1.27. The quantitative estimate of drug-likeness (QED) is 0.695. The van der Waals surface area contributed by atoms with E-state index in [1.165, 1.54) is 4.57 Å². The largest absolute Gasteiger partial charge is 0.335 e. The maximum atomic E-state index is 12.2. The molecule has 114 valence electrons. The molecule has 0 saturated heterocycles. The first-order valence-corrected chi connectivity index (χ1v) is 7.41. The number of aromatic nitrogens is 2. The predicted molar refractivity (Wildman–Crippen MR) is 89.6 cm³/mol. The molecule has 0 unspecified atom stereocenters. The minimum atomic E-state index is -0.725. The van der Waals surface area contributed by atoms with E-state index in [0.717, 1.165) is 11.1 Å². The van der Waals surface area contributed by atoms with E-state index in [1.807, 2.05) is 60.7 Å². The molecule has 0 bridgehead atoms. The van der Waals surface area contributed by atoms with Crippen LogP contribution in [0.3, 0.4) is 0 Å². The Morgan fingerprint density at radius 2 is 1.39 bits per heavy atom. The van der Waals surface area contributed by atoms with Crippen molar-refractivity contribution in [1.82, 2.24) is 9.55 Å². The van der Waals surface area contributed by atoms with Gasteiger partial charge in [-0.05, 0) is 17.2 Å². The van der Waals surface area contributed by atoms with E-state index in [9.17, 15) is 9.59 Å². The Hall–Kier alpha value is -3.01. The second-order valence-electron chi connectivity index (χ2n) is 5.31. The molecule has 0 aliphatic heterocycles. The van der Waals surface area contributed by atoms with Crippen LogP contribution >= 0.6 is 0 Å². The van der Waals surface area contributed by atoms with E-state index in [1.54, 1.807) is 12.3 Å². The van der Waals surface area contributed by atoms with Crippen molar-refractivity contribution in [2.75, 3.05) is 0 Å². The third kappa shape index (κ3) is 3.80. The van der Waals surface area contributed by atoms with E-state index in [0.29, 0.717) is 18.7 Å². The van der Waals surface area contributed by atoms with Crippen molar-refractivity contribution >= 4 is 0 Å². The van der Waals surface area contributed by atoms with Crippen LogP contribution in [0.2, 0.25) is 0 Å². The molecule has 1 aromatic heterocycles. The summed E-state index contributed by atoms with van der Waals surface area (Å²) in [5, 5.41) is 0. The first-order chi connectivity index (χ1) is 11.2. The average molecular weight is 304 g/mol. The monoisotopic (exact) mass is 304 g/mol. The highest BCUT2D eigenvalue weighted by Crippen LogP contribution is 2.05. The summed E-state index contributed by atoms with van der Waals surface area (Å²) in [4.78, 5) is 28.1. The highest BCUT2D eigenvalue weighted by atomic mass is 16.2. The van der Waals surface area contributed by atoms with Crippen LogP contribution in [0.15, 0.2) is 82.5 Å². The first-order valence-electron chi connectivity index (χ1n) is 7.41. The molecule has 0 aliphatic rings. The molecule has 0 atom stereocenters. The molecule has 0 spiro atoms. The van der Waals surface area contributed by atoms with Gasteiger partial charge in [-0.3, -0.25) is 9.59 Å². The summed E-state index contributed by atoms with van der Waals surface area (Å²) in [6.45, 7) is 0.357. The lowest BCUT2D eigenvalue weighted by atomic mass is 10.1. The Bertz CT molecular complexity index is 903. The summed E-state index contributed by atoms with van der Waals surface area (Å²) < 4.78 is 1.40. The lowest BCUT2D eigenvalue weighted by Gasteiger charge is -2.01. The van der Waals surface area contributed by atoms with Crippen molar-refractivity contribution in [1.29, 1.82) is 0 Å². The Labute approximate surface area is 133 Å². The average Bonchev–Trinajstić information content (AvgIpc) is 2.71. The van der Waals surface area contributed by atoms with Gasteiger partial charge in [-0.25, -0.2) is 4.98 Å². The van der Waals surface area contributed by atoms with Crippen molar-refractivity contribution in [2.45, 2.75) is 13.0 Å². The van der Waals surface area contributed by atoms with Crippen LogP contribution in [0.1, 0.15) is 16.8 Å². The second-order valence-corrected chi connectivity index (χ2v) is 5.31. The molecule has 1 heterocycles. The normalized spacial score (nSPS) is 10.4. The van der Waals surface area contributed by atoms with Gasteiger partial charge in [0.1, 0.15) is 0 Å². The Balaban J connectivity index is 1.94. The van der Waals surface area contributed by atoms with Crippen LogP contribution in [-0.4, -0.2) is 9.55 Å². The van der Waals surface area contributed by atoms with E-state index >= 15 is 0 Å². The van der Waals surface area contributed by atoms with E-state index in [4.69, 9.17) is 0 Å². The van der Waals surface area contributed by atoms with Crippen molar-refractivity contribution in [3.63, 3.8) is 0 Å². The third-order valence-corrected chi connectivity index (χ3v) is 3.56. The summed E-state index contributed by atoms with van der Waals surface area (Å²) in [7, 11) is 0. The molecular weight excluding hydrogens is 288 g/mol. The molecule has 4 nitrogen and oxygen atoms in total. The lowest BCUT2D eigenvalue weighted by Crippen LogP contribution is -2.33. The fourth-order valence-corrected chi connectivity index (χ4v) is 2.39. The van der Waals surface area contributed by atoms with Crippen molar-refractivity contribution in [3.8, 4) is 0 Å². The molecule has 3 rings (SSSR count). The minimum Gasteiger partial charge on any atom is -0.306 e. The summed E-state index contributed by atoms with van der Waals surface area (Å²) >= 11 is 0. The number of hydrogen-bond donors (Lipinski definition) is 0. The maximum absolute atomic E-state index is 12.2. The van der Waals surface area contributed by atoms with Gasteiger partial charge in [0.25, 0.3) is 0 Å². The van der Waals surface area contributed by atoms with E-state index in [-0.39, 0.29) is 0 Å². The molecule has 0 N–H and O–H groups in total. The summed E-state index contributed by atoms with van der Waals surface area (Å²) in [6.07, 6.45) is 2.16. The van der Waals surface area contributed by atoms with Gasteiger partial charge in [-0.1, -0.05) is 60.7 Å². The molecular formula is C19H16N2O2. The van der Waals surface area contributed by atoms with Crippen LogP contribution in [0.5, 0.6) is 0 Å². The topological polar surface area (TPSA) is 52.0 Å². The SMILES string of the molecule is O=c1nc(Cc2ccccc2)ccn(Cc2ccccc2)c1=O. The molecule has 0 aliphatic carbocycles. The predicted octanol–water partition coefficient (Wildman–Crippen LogP) is 2.24. The maximum Gasteiger partial charge on any atom is 0.335 e. The molecule has 23 heavy (non-hydrogen) atoms. The molecule has 0 radical (unpaired) electrons. The Kier molecular flexibility index (Phi) is 4.43. The summed E-state index contributed by atoms with van der Waals surface area (Å²) in [6, 6.07) is 21.0. The van der Waals surface area contributed by atoms with Crippen LogP contribution in [-0.2, 0) is 13.0 Å². The van der Waals surface area contributed by atoms with Gasteiger partial charge in [0.2, 0.25) is 0 Å². The third-order valence-electron chi connectivity index (χ3n) is 3.56. The zero-order valence-electron chi connectivity index (χ0n) is 12.6. The highest BCUT2D eigenvalue weighted by Gasteiger charge is 2.04. The van der Waals surface area contributed by atoms with E-state index in [2.05, 4.69) is 4.98 Å². The molecule has 0 fully saturated rings.